The van der Waals surface area contributed by atoms with Crippen molar-refractivity contribution in [2.75, 3.05) is 0 Å². The molecule has 0 spiro atoms. The molecule has 98 valence electrons. The molecule has 5 heteroatoms. The first-order valence-electron chi connectivity index (χ1n) is 5.39. The van der Waals surface area contributed by atoms with E-state index >= 15 is 0 Å². The summed E-state index contributed by atoms with van der Waals surface area (Å²) >= 11 is 0. The summed E-state index contributed by atoms with van der Waals surface area (Å²) in [5.41, 5.74) is -0.779. The summed E-state index contributed by atoms with van der Waals surface area (Å²) in [6, 6.07) is 11.7. The summed E-state index contributed by atoms with van der Waals surface area (Å²) in [5.74, 6) is -1.59. The van der Waals surface area contributed by atoms with Crippen LogP contribution < -0.4 is 0 Å². The lowest BCUT2D eigenvalue weighted by atomic mass is 9.99. The third-order valence-electron chi connectivity index (χ3n) is 2.66. The third kappa shape index (κ3) is 2.76. The smallest absolute Gasteiger partial charge is 0.417 e. The van der Waals surface area contributed by atoms with E-state index in [0.29, 0.717) is 11.1 Å². The number of carboxylic acids is 1. The fraction of sp³-hybridized carbons (Fsp3) is 0.0714. The van der Waals surface area contributed by atoms with Gasteiger partial charge in [0.15, 0.2) is 0 Å². The fourth-order valence-corrected chi connectivity index (χ4v) is 1.78. The molecule has 0 fully saturated rings. The van der Waals surface area contributed by atoms with Crippen molar-refractivity contribution in [2.24, 2.45) is 0 Å². The molecule has 0 aliphatic carbocycles. The summed E-state index contributed by atoms with van der Waals surface area (Å²) in [4.78, 5) is 11.0. The van der Waals surface area contributed by atoms with Crippen molar-refractivity contribution in [1.82, 2.24) is 0 Å². The minimum Gasteiger partial charge on any atom is -0.478 e. The zero-order chi connectivity index (χ0) is 14.0. The molecule has 2 nitrogen and oxygen atoms in total. The molecular formula is C14H9F3O2. The van der Waals surface area contributed by atoms with E-state index in [9.17, 15) is 18.0 Å². The molecule has 2 aromatic rings. The SMILES string of the molecule is O=C(O)c1cc(-c2ccccc2)ccc1C(F)(F)F. The van der Waals surface area contributed by atoms with Gasteiger partial charge in [0.1, 0.15) is 0 Å². The van der Waals surface area contributed by atoms with Gasteiger partial charge in [0.05, 0.1) is 11.1 Å². The molecule has 1 N–H and O–H groups in total. The first-order valence-corrected chi connectivity index (χ1v) is 5.39. The van der Waals surface area contributed by atoms with E-state index < -0.39 is 23.3 Å². The van der Waals surface area contributed by atoms with Gasteiger partial charge in [-0.3, -0.25) is 0 Å². The molecule has 0 saturated carbocycles. The van der Waals surface area contributed by atoms with Gasteiger partial charge in [-0.15, -0.1) is 0 Å². The lowest BCUT2D eigenvalue weighted by molar-refractivity contribution is -0.138. The maximum Gasteiger partial charge on any atom is 0.417 e. The molecule has 0 saturated heterocycles. The normalized spacial score (nSPS) is 11.3. The van der Waals surface area contributed by atoms with Crippen molar-refractivity contribution >= 4 is 5.97 Å². The topological polar surface area (TPSA) is 37.3 Å². The van der Waals surface area contributed by atoms with E-state index in [0.717, 1.165) is 12.1 Å². The van der Waals surface area contributed by atoms with Crippen molar-refractivity contribution in [2.45, 2.75) is 6.18 Å². The van der Waals surface area contributed by atoms with Gasteiger partial charge in [0.25, 0.3) is 0 Å². The van der Waals surface area contributed by atoms with Crippen LogP contribution in [0.2, 0.25) is 0 Å². The van der Waals surface area contributed by atoms with Crippen molar-refractivity contribution in [1.29, 1.82) is 0 Å². The van der Waals surface area contributed by atoms with Gasteiger partial charge >= 0.3 is 12.1 Å². The van der Waals surface area contributed by atoms with E-state index in [1.54, 1.807) is 30.3 Å². The highest BCUT2D eigenvalue weighted by molar-refractivity contribution is 5.91. The van der Waals surface area contributed by atoms with Crippen LogP contribution in [0.4, 0.5) is 13.2 Å². The Morgan fingerprint density at radius 3 is 2.11 bits per heavy atom. The highest BCUT2D eigenvalue weighted by Gasteiger charge is 2.35. The highest BCUT2D eigenvalue weighted by Crippen LogP contribution is 2.34. The Balaban J connectivity index is 2.58. The molecule has 0 amide bonds. The Hall–Kier alpha value is -2.30. The molecule has 0 aromatic heterocycles. The van der Waals surface area contributed by atoms with Crippen molar-refractivity contribution in [3.8, 4) is 11.1 Å². The monoisotopic (exact) mass is 266 g/mol. The number of hydrogen-bond acceptors (Lipinski definition) is 1. The summed E-state index contributed by atoms with van der Waals surface area (Å²) in [6.07, 6.45) is -4.68. The number of hydrogen-bond donors (Lipinski definition) is 1. The molecule has 0 bridgehead atoms. The van der Waals surface area contributed by atoms with Gasteiger partial charge in [0, 0.05) is 0 Å². The van der Waals surface area contributed by atoms with Gasteiger partial charge in [-0.2, -0.15) is 13.2 Å². The van der Waals surface area contributed by atoms with E-state index in [2.05, 4.69) is 0 Å². The summed E-state index contributed by atoms with van der Waals surface area (Å²) < 4.78 is 38.0. The lowest BCUT2D eigenvalue weighted by Gasteiger charge is -2.11. The second-order valence-electron chi connectivity index (χ2n) is 3.93. The maximum atomic E-state index is 12.7. The number of carboxylic acid groups (broad SMARTS) is 1. The average Bonchev–Trinajstić information content (AvgIpc) is 2.38. The molecule has 0 aliphatic heterocycles. The van der Waals surface area contributed by atoms with Gasteiger partial charge in [-0.05, 0) is 23.3 Å². The summed E-state index contributed by atoms with van der Waals surface area (Å²) in [7, 11) is 0. The maximum absolute atomic E-state index is 12.7. The molecule has 0 heterocycles. The van der Waals surface area contributed by atoms with Gasteiger partial charge < -0.3 is 5.11 Å². The van der Waals surface area contributed by atoms with E-state index in [1.165, 1.54) is 6.07 Å². The van der Waals surface area contributed by atoms with E-state index in [1.807, 2.05) is 0 Å². The Morgan fingerprint density at radius 1 is 0.947 bits per heavy atom. The predicted octanol–water partition coefficient (Wildman–Crippen LogP) is 4.07. The van der Waals surface area contributed by atoms with Gasteiger partial charge in [-0.25, -0.2) is 4.79 Å². The lowest BCUT2D eigenvalue weighted by Crippen LogP contribution is -2.12. The Kier molecular flexibility index (Phi) is 3.29. The molecule has 19 heavy (non-hydrogen) atoms. The molecule has 2 aromatic carbocycles. The van der Waals surface area contributed by atoms with Crippen molar-refractivity contribution < 1.29 is 23.1 Å². The molecule has 2 rings (SSSR count). The number of halogens is 3. The van der Waals surface area contributed by atoms with Crippen LogP contribution in [0, 0.1) is 0 Å². The Bertz CT molecular complexity index is 604. The van der Waals surface area contributed by atoms with Gasteiger partial charge in [0.2, 0.25) is 0 Å². The zero-order valence-corrected chi connectivity index (χ0v) is 9.61. The average molecular weight is 266 g/mol. The van der Waals surface area contributed by atoms with Crippen molar-refractivity contribution in [3.63, 3.8) is 0 Å². The quantitative estimate of drug-likeness (QED) is 0.889. The first-order chi connectivity index (χ1) is 8.89. The molecule has 0 atom stereocenters. The second-order valence-corrected chi connectivity index (χ2v) is 3.93. The second kappa shape index (κ2) is 4.76. The molecular weight excluding hydrogens is 257 g/mol. The number of benzene rings is 2. The molecule has 0 unspecified atom stereocenters. The van der Waals surface area contributed by atoms with Crippen LogP contribution in [0.5, 0.6) is 0 Å². The molecule has 0 radical (unpaired) electrons. The largest absolute Gasteiger partial charge is 0.478 e. The first kappa shape index (κ1) is 13.1. The van der Waals surface area contributed by atoms with Crippen LogP contribution in [-0.2, 0) is 6.18 Å². The minimum atomic E-state index is -4.68. The van der Waals surface area contributed by atoms with Crippen LogP contribution in [-0.4, -0.2) is 11.1 Å². The number of rotatable bonds is 2. The van der Waals surface area contributed by atoms with Crippen LogP contribution >= 0.6 is 0 Å². The number of carbonyl (C=O) groups is 1. The van der Waals surface area contributed by atoms with Crippen LogP contribution in [0.15, 0.2) is 48.5 Å². The summed E-state index contributed by atoms with van der Waals surface area (Å²) in [6.45, 7) is 0. The zero-order valence-electron chi connectivity index (χ0n) is 9.61. The molecule has 0 aliphatic rings. The van der Waals surface area contributed by atoms with Gasteiger partial charge in [-0.1, -0.05) is 36.4 Å². The van der Waals surface area contributed by atoms with E-state index in [-0.39, 0.29) is 0 Å². The van der Waals surface area contributed by atoms with Crippen LogP contribution in [0.25, 0.3) is 11.1 Å². The fourth-order valence-electron chi connectivity index (χ4n) is 1.78. The number of alkyl halides is 3. The standard InChI is InChI=1S/C14H9F3O2/c15-14(16,17)12-7-6-10(8-11(12)13(18)19)9-4-2-1-3-5-9/h1-8H,(H,18,19). The Labute approximate surface area is 107 Å². The predicted molar refractivity (Wildman–Crippen MR) is 63.8 cm³/mol. The van der Waals surface area contributed by atoms with Crippen LogP contribution in [0.3, 0.4) is 0 Å². The minimum absolute atomic E-state index is 0.436. The number of aromatic carboxylic acids is 1. The van der Waals surface area contributed by atoms with Crippen molar-refractivity contribution in [3.05, 3.63) is 59.7 Å². The summed E-state index contributed by atoms with van der Waals surface area (Å²) in [5, 5.41) is 8.90. The van der Waals surface area contributed by atoms with E-state index in [4.69, 9.17) is 5.11 Å². The Morgan fingerprint density at radius 2 is 1.58 bits per heavy atom. The third-order valence-corrected chi connectivity index (χ3v) is 2.66. The van der Waals surface area contributed by atoms with Crippen LogP contribution in [0.1, 0.15) is 15.9 Å². The highest BCUT2D eigenvalue weighted by atomic mass is 19.4.